The molecule has 2 aromatic carbocycles. The van der Waals surface area contributed by atoms with Crippen molar-refractivity contribution in [1.29, 1.82) is 0 Å². The predicted octanol–water partition coefficient (Wildman–Crippen LogP) is 5.28. The number of rotatable bonds is 6. The van der Waals surface area contributed by atoms with Gasteiger partial charge in [-0.05, 0) is 41.3 Å². The number of aryl methyl sites for hydroxylation is 1. The molecule has 0 spiro atoms. The van der Waals surface area contributed by atoms with Crippen molar-refractivity contribution < 1.29 is 14.3 Å². The first-order valence-corrected chi connectivity index (χ1v) is 10.0. The molecular formula is C23H21ClN2O3S. The van der Waals surface area contributed by atoms with Gasteiger partial charge in [0, 0.05) is 23.0 Å². The fourth-order valence-electron chi connectivity index (χ4n) is 3.13. The van der Waals surface area contributed by atoms with Crippen LogP contribution in [0.4, 0.5) is 0 Å². The molecule has 3 rings (SSSR count). The van der Waals surface area contributed by atoms with E-state index in [0.717, 1.165) is 22.3 Å². The van der Waals surface area contributed by atoms with Gasteiger partial charge in [-0.3, -0.25) is 0 Å². The van der Waals surface area contributed by atoms with Crippen molar-refractivity contribution in [1.82, 2.24) is 9.97 Å². The second kappa shape index (κ2) is 9.78. The molecular weight excluding hydrogens is 420 g/mol. The van der Waals surface area contributed by atoms with Crippen LogP contribution >= 0.6 is 24.2 Å². The highest BCUT2D eigenvalue weighted by molar-refractivity contribution is 7.80. The average molecular weight is 441 g/mol. The highest BCUT2D eigenvalue weighted by Crippen LogP contribution is 2.35. The molecule has 0 amide bonds. The number of benzene rings is 2. The van der Waals surface area contributed by atoms with Crippen LogP contribution in [0.25, 0.3) is 16.7 Å². The van der Waals surface area contributed by atoms with Crippen molar-refractivity contribution in [3.8, 4) is 11.1 Å². The molecule has 0 fully saturated rings. The molecule has 0 aliphatic rings. The Hall–Kier alpha value is -2.83. The van der Waals surface area contributed by atoms with E-state index >= 15 is 0 Å². The lowest BCUT2D eigenvalue weighted by Crippen LogP contribution is -2.11. The molecule has 0 bridgehead atoms. The Labute approximate surface area is 186 Å². The molecule has 0 aliphatic carbocycles. The maximum Gasteiger partial charge on any atom is 0.341 e. The lowest BCUT2D eigenvalue weighted by molar-refractivity contribution is -0.133. The third-order valence-corrected chi connectivity index (χ3v) is 5.36. The van der Waals surface area contributed by atoms with Crippen molar-refractivity contribution in [2.24, 2.45) is 0 Å². The quantitative estimate of drug-likeness (QED) is 0.244. The zero-order valence-electron chi connectivity index (χ0n) is 16.8. The van der Waals surface area contributed by atoms with E-state index in [-0.39, 0.29) is 0 Å². The second-order valence-corrected chi connectivity index (χ2v) is 7.49. The van der Waals surface area contributed by atoms with Crippen LogP contribution in [0, 0.1) is 6.92 Å². The van der Waals surface area contributed by atoms with Crippen molar-refractivity contribution in [2.75, 3.05) is 14.2 Å². The minimum Gasteiger partial charge on any atom is -0.503 e. The van der Waals surface area contributed by atoms with E-state index in [2.05, 4.69) is 9.97 Å². The van der Waals surface area contributed by atoms with E-state index in [1.807, 2.05) is 49.4 Å². The number of methoxy groups -OCH3 is 2. The number of halogens is 1. The third-order valence-electron chi connectivity index (χ3n) is 4.62. The second-order valence-electron chi connectivity index (χ2n) is 6.53. The van der Waals surface area contributed by atoms with Crippen molar-refractivity contribution in [3.63, 3.8) is 0 Å². The molecule has 30 heavy (non-hydrogen) atoms. The number of hydrogen-bond donors (Lipinski definition) is 1. The molecule has 3 aromatic rings. The van der Waals surface area contributed by atoms with Gasteiger partial charge in [-0.2, -0.15) is 12.6 Å². The van der Waals surface area contributed by atoms with Gasteiger partial charge in [0.05, 0.1) is 25.7 Å². The molecule has 0 radical (unpaired) electrons. The number of hydrogen-bond acceptors (Lipinski definition) is 6. The Morgan fingerprint density at radius 2 is 1.73 bits per heavy atom. The number of aromatic nitrogens is 2. The SMILES string of the molecule is COC=C(C(=O)OC)c1cccc(C)c1C(S)c1ncc(-c2ccc(Cl)cc2)cn1. The first-order valence-electron chi connectivity index (χ1n) is 9.13. The van der Waals surface area contributed by atoms with Crippen LogP contribution < -0.4 is 0 Å². The summed E-state index contributed by atoms with van der Waals surface area (Å²) >= 11 is 10.7. The first kappa shape index (κ1) is 21.9. The smallest absolute Gasteiger partial charge is 0.341 e. The Bertz CT molecular complexity index is 1070. The maximum atomic E-state index is 12.3. The maximum absolute atomic E-state index is 12.3. The number of carbonyl (C=O) groups excluding carboxylic acids is 1. The fraction of sp³-hybridized carbons (Fsp3) is 0.174. The Kier molecular flexibility index (Phi) is 7.13. The van der Waals surface area contributed by atoms with Crippen LogP contribution in [0.2, 0.25) is 5.02 Å². The van der Waals surface area contributed by atoms with Gasteiger partial charge in [0.2, 0.25) is 0 Å². The summed E-state index contributed by atoms with van der Waals surface area (Å²) in [5.74, 6) is 0.0245. The topological polar surface area (TPSA) is 61.3 Å². The van der Waals surface area contributed by atoms with Crippen molar-refractivity contribution in [2.45, 2.75) is 12.2 Å². The molecule has 0 saturated carbocycles. The molecule has 7 heteroatoms. The summed E-state index contributed by atoms with van der Waals surface area (Å²) in [5.41, 5.74) is 4.56. The monoisotopic (exact) mass is 440 g/mol. The Balaban J connectivity index is 2.01. The van der Waals surface area contributed by atoms with Crippen LogP contribution in [0.5, 0.6) is 0 Å². The van der Waals surface area contributed by atoms with Gasteiger partial charge in [0.15, 0.2) is 0 Å². The molecule has 1 heterocycles. The summed E-state index contributed by atoms with van der Waals surface area (Å²) in [7, 11) is 2.81. The van der Waals surface area contributed by atoms with Crippen LogP contribution in [0.1, 0.15) is 27.8 Å². The van der Waals surface area contributed by atoms with Crippen LogP contribution in [0.3, 0.4) is 0 Å². The summed E-state index contributed by atoms with van der Waals surface area (Å²) in [6.07, 6.45) is 4.87. The van der Waals surface area contributed by atoms with E-state index < -0.39 is 11.2 Å². The third kappa shape index (κ3) is 4.66. The van der Waals surface area contributed by atoms with Gasteiger partial charge < -0.3 is 9.47 Å². The molecule has 0 N–H and O–H groups in total. The van der Waals surface area contributed by atoms with Crippen LogP contribution in [-0.2, 0) is 14.3 Å². The van der Waals surface area contributed by atoms with Crippen LogP contribution in [-0.4, -0.2) is 30.2 Å². The van der Waals surface area contributed by atoms with Gasteiger partial charge in [0.1, 0.15) is 11.4 Å². The van der Waals surface area contributed by atoms with E-state index in [1.165, 1.54) is 20.5 Å². The molecule has 0 saturated heterocycles. The van der Waals surface area contributed by atoms with E-state index in [4.69, 9.17) is 33.7 Å². The number of carbonyl (C=O) groups is 1. The summed E-state index contributed by atoms with van der Waals surface area (Å²) in [6.45, 7) is 1.95. The summed E-state index contributed by atoms with van der Waals surface area (Å²) in [5, 5.41) is 0.217. The normalized spacial score (nSPS) is 12.4. The number of thiol groups is 1. The summed E-state index contributed by atoms with van der Waals surface area (Å²) < 4.78 is 10.0. The van der Waals surface area contributed by atoms with Gasteiger partial charge >= 0.3 is 5.97 Å². The molecule has 1 aromatic heterocycles. The minimum atomic E-state index is -0.497. The van der Waals surface area contributed by atoms with Gasteiger partial charge in [-0.15, -0.1) is 0 Å². The minimum absolute atomic E-state index is 0.301. The molecule has 5 nitrogen and oxygen atoms in total. The predicted molar refractivity (Wildman–Crippen MR) is 121 cm³/mol. The van der Waals surface area contributed by atoms with Gasteiger partial charge in [-0.25, -0.2) is 14.8 Å². The number of ether oxygens (including phenoxy) is 2. The molecule has 154 valence electrons. The molecule has 0 aliphatic heterocycles. The van der Waals surface area contributed by atoms with Crippen molar-refractivity contribution >= 4 is 35.8 Å². The largest absolute Gasteiger partial charge is 0.503 e. The fourth-order valence-corrected chi connectivity index (χ4v) is 3.73. The standard InChI is InChI=1S/C23H21ClN2O3S/c1-14-5-4-6-18(19(13-28-2)23(27)29-3)20(14)21(30)22-25-11-16(12-26-22)15-7-9-17(24)10-8-15/h4-13,21,30H,1-3H3. The van der Waals surface area contributed by atoms with Crippen molar-refractivity contribution in [3.05, 3.63) is 88.7 Å². The summed E-state index contributed by atoms with van der Waals surface area (Å²) in [4.78, 5) is 21.4. The number of esters is 1. The first-order chi connectivity index (χ1) is 14.5. The number of nitrogens with zero attached hydrogens (tertiary/aromatic N) is 2. The Morgan fingerprint density at radius 1 is 1.07 bits per heavy atom. The molecule has 1 atom stereocenters. The van der Waals surface area contributed by atoms with E-state index in [0.29, 0.717) is 22.0 Å². The van der Waals surface area contributed by atoms with Crippen LogP contribution in [0.15, 0.2) is 61.1 Å². The molecule has 1 unspecified atom stereocenters. The average Bonchev–Trinajstić information content (AvgIpc) is 2.77. The highest BCUT2D eigenvalue weighted by Gasteiger charge is 2.24. The lowest BCUT2D eigenvalue weighted by atomic mass is 9.93. The van der Waals surface area contributed by atoms with Gasteiger partial charge in [-0.1, -0.05) is 41.9 Å². The lowest BCUT2D eigenvalue weighted by Gasteiger charge is -2.19. The zero-order chi connectivity index (χ0) is 21.7. The highest BCUT2D eigenvalue weighted by atomic mass is 35.5. The zero-order valence-corrected chi connectivity index (χ0v) is 18.4. The van der Waals surface area contributed by atoms with E-state index in [9.17, 15) is 4.79 Å². The van der Waals surface area contributed by atoms with E-state index in [1.54, 1.807) is 12.4 Å². The Morgan fingerprint density at radius 3 is 2.33 bits per heavy atom. The summed E-state index contributed by atoms with van der Waals surface area (Å²) in [6, 6.07) is 13.1. The van der Waals surface area contributed by atoms with Gasteiger partial charge in [0.25, 0.3) is 0 Å².